The summed E-state index contributed by atoms with van der Waals surface area (Å²) in [6.07, 6.45) is 0.439. The summed E-state index contributed by atoms with van der Waals surface area (Å²) in [7, 11) is 0. The summed E-state index contributed by atoms with van der Waals surface area (Å²) in [5.74, 6) is 0.819. The van der Waals surface area contributed by atoms with Gasteiger partial charge in [-0.2, -0.15) is 0 Å². The Morgan fingerprint density at radius 1 is 1.30 bits per heavy atom. The zero-order valence-electron chi connectivity index (χ0n) is 11.2. The van der Waals surface area contributed by atoms with Crippen LogP contribution < -0.4 is 11.3 Å². The third-order valence-corrected chi connectivity index (χ3v) is 3.71. The Balaban J connectivity index is 2.35. The minimum atomic E-state index is -0.192. The highest BCUT2D eigenvalue weighted by molar-refractivity contribution is 6.42. The summed E-state index contributed by atoms with van der Waals surface area (Å²) in [5.41, 5.74) is 7.08. The van der Waals surface area contributed by atoms with E-state index in [0.29, 0.717) is 27.9 Å². The number of rotatable bonds is 3. The molecule has 2 rings (SSSR count). The van der Waals surface area contributed by atoms with E-state index >= 15 is 0 Å². The SMILES string of the molecule is CC(C)c1c(N)nc(Cc2ccc(Cl)c(Cl)c2)[nH]c1=O. The number of aromatic nitrogens is 2. The highest BCUT2D eigenvalue weighted by Crippen LogP contribution is 2.23. The second-order valence-corrected chi connectivity index (χ2v) is 5.71. The smallest absolute Gasteiger partial charge is 0.256 e. The fourth-order valence-electron chi connectivity index (χ4n) is 2.03. The van der Waals surface area contributed by atoms with Crippen LogP contribution in [-0.2, 0) is 6.42 Å². The molecule has 0 saturated carbocycles. The van der Waals surface area contributed by atoms with Gasteiger partial charge in [-0.15, -0.1) is 0 Å². The van der Waals surface area contributed by atoms with Crippen LogP contribution in [0.3, 0.4) is 0 Å². The molecule has 1 aromatic heterocycles. The fraction of sp³-hybridized carbons (Fsp3) is 0.286. The van der Waals surface area contributed by atoms with Crippen molar-refractivity contribution < 1.29 is 0 Å². The molecule has 1 heterocycles. The van der Waals surface area contributed by atoms with Gasteiger partial charge in [0.1, 0.15) is 11.6 Å². The van der Waals surface area contributed by atoms with Crippen LogP contribution in [0.15, 0.2) is 23.0 Å². The Morgan fingerprint density at radius 3 is 2.55 bits per heavy atom. The molecule has 0 saturated heterocycles. The summed E-state index contributed by atoms with van der Waals surface area (Å²) >= 11 is 11.8. The van der Waals surface area contributed by atoms with E-state index in [1.807, 2.05) is 19.9 Å². The number of hydrogen-bond acceptors (Lipinski definition) is 3. The summed E-state index contributed by atoms with van der Waals surface area (Å²) < 4.78 is 0. The average Bonchev–Trinajstić information content (AvgIpc) is 2.32. The van der Waals surface area contributed by atoms with Gasteiger partial charge in [-0.25, -0.2) is 4.98 Å². The summed E-state index contributed by atoms with van der Waals surface area (Å²) in [5, 5.41) is 0.963. The molecule has 0 fully saturated rings. The van der Waals surface area contributed by atoms with E-state index in [1.54, 1.807) is 12.1 Å². The molecule has 0 radical (unpaired) electrons. The van der Waals surface area contributed by atoms with Crippen molar-refractivity contribution in [2.75, 3.05) is 5.73 Å². The van der Waals surface area contributed by atoms with E-state index in [2.05, 4.69) is 9.97 Å². The summed E-state index contributed by atoms with van der Waals surface area (Å²) in [4.78, 5) is 19.0. The van der Waals surface area contributed by atoms with Crippen molar-refractivity contribution in [3.8, 4) is 0 Å². The Labute approximate surface area is 126 Å². The molecule has 0 amide bonds. The van der Waals surface area contributed by atoms with Crippen LogP contribution >= 0.6 is 23.2 Å². The van der Waals surface area contributed by atoms with Crippen molar-refractivity contribution in [2.24, 2.45) is 0 Å². The molecule has 2 aromatic rings. The van der Waals surface area contributed by atoms with E-state index in [0.717, 1.165) is 5.56 Å². The van der Waals surface area contributed by atoms with Gasteiger partial charge in [0.15, 0.2) is 0 Å². The van der Waals surface area contributed by atoms with Crippen LogP contribution in [0.5, 0.6) is 0 Å². The second-order valence-electron chi connectivity index (χ2n) is 4.89. The van der Waals surface area contributed by atoms with Crippen LogP contribution in [0.2, 0.25) is 10.0 Å². The van der Waals surface area contributed by atoms with Gasteiger partial charge in [-0.1, -0.05) is 43.1 Å². The molecule has 6 heteroatoms. The molecule has 1 aromatic carbocycles. The summed E-state index contributed by atoms with van der Waals surface area (Å²) in [6.45, 7) is 3.81. The molecular formula is C14H15Cl2N3O. The van der Waals surface area contributed by atoms with Crippen LogP contribution in [0, 0.1) is 0 Å². The Kier molecular flexibility index (Phi) is 4.35. The van der Waals surface area contributed by atoms with E-state index in [9.17, 15) is 4.79 Å². The van der Waals surface area contributed by atoms with Crippen LogP contribution in [-0.4, -0.2) is 9.97 Å². The molecule has 3 N–H and O–H groups in total. The quantitative estimate of drug-likeness (QED) is 0.912. The van der Waals surface area contributed by atoms with Gasteiger partial charge in [0.2, 0.25) is 0 Å². The lowest BCUT2D eigenvalue weighted by Gasteiger charge is -2.09. The number of nitrogens with zero attached hydrogens (tertiary/aromatic N) is 1. The molecule has 0 spiro atoms. The van der Waals surface area contributed by atoms with Crippen LogP contribution in [0.25, 0.3) is 0 Å². The highest BCUT2D eigenvalue weighted by Gasteiger charge is 2.12. The van der Waals surface area contributed by atoms with E-state index in [4.69, 9.17) is 28.9 Å². The molecular weight excluding hydrogens is 297 g/mol. The first-order chi connectivity index (χ1) is 9.38. The first-order valence-corrected chi connectivity index (χ1v) is 6.96. The van der Waals surface area contributed by atoms with Crippen molar-refractivity contribution >= 4 is 29.0 Å². The lowest BCUT2D eigenvalue weighted by Crippen LogP contribution is -2.20. The number of nitrogens with two attached hydrogens (primary N) is 1. The Hall–Kier alpha value is -1.52. The van der Waals surface area contributed by atoms with Crippen molar-refractivity contribution in [3.05, 3.63) is 55.5 Å². The second kappa shape index (κ2) is 5.85. The van der Waals surface area contributed by atoms with Crippen LogP contribution in [0.1, 0.15) is 36.7 Å². The molecule has 0 aliphatic carbocycles. The number of aromatic amines is 1. The zero-order chi connectivity index (χ0) is 14.9. The number of nitrogen functional groups attached to an aromatic ring is 1. The maximum absolute atomic E-state index is 12.0. The van der Waals surface area contributed by atoms with Gasteiger partial charge in [-0.05, 0) is 23.6 Å². The van der Waals surface area contributed by atoms with E-state index < -0.39 is 0 Å². The number of H-pyrrole nitrogens is 1. The molecule has 0 atom stereocenters. The monoisotopic (exact) mass is 311 g/mol. The van der Waals surface area contributed by atoms with Gasteiger partial charge in [0.05, 0.1) is 15.6 Å². The van der Waals surface area contributed by atoms with Gasteiger partial charge >= 0.3 is 0 Å². The molecule has 0 unspecified atom stereocenters. The van der Waals surface area contributed by atoms with Crippen molar-refractivity contribution in [2.45, 2.75) is 26.2 Å². The van der Waals surface area contributed by atoms with Crippen molar-refractivity contribution in [3.63, 3.8) is 0 Å². The Morgan fingerprint density at radius 2 is 2.00 bits per heavy atom. The van der Waals surface area contributed by atoms with Gasteiger partial charge in [0.25, 0.3) is 5.56 Å². The molecule has 0 aliphatic rings. The van der Waals surface area contributed by atoms with Gasteiger partial charge < -0.3 is 10.7 Å². The van der Waals surface area contributed by atoms with E-state index in [1.165, 1.54) is 0 Å². The number of hydrogen-bond donors (Lipinski definition) is 2. The number of halogens is 2. The number of nitrogens with one attached hydrogen (secondary N) is 1. The first kappa shape index (κ1) is 14.9. The third kappa shape index (κ3) is 3.14. The first-order valence-electron chi connectivity index (χ1n) is 6.21. The minimum Gasteiger partial charge on any atom is -0.383 e. The standard InChI is InChI=1S/C14H15Cl2N3O/c1-7(2)12-13(17)18-11(19-14(12)20)6-8-3-4-9(15)10(16)5-8/h3-5,7H,6H2,1-2H3,(H3,17,18,19,20). The van der Waals surface area contributed by atoms with Crippen LogP contribution in [0.4, 0.5) is 5.82 Å². The molecule has 20 heavy (non-hydrogen) atoms. The molecule has 0 aliphatic heterocycles. The largest absolute Gasteiger partial charge is 0.383 e. The number of anilines is 1. The van der Waals surface area contributed by atoms with Gasteiger partial charge in [-0.3, -0.25) is 4.79 Å². The maximum atomic E-state index is 12.0. The lowest BCUT2D eigenvalue weighted by molar-refractivity contribution is 0.818. The lowest BCUT2D eigenvalue weighted by atomic mass is 10.1. The zero-order valence-corrected chi connectivity index (χ0v) is 12.7. The third-order valence-electron chi connectivity index (χ3n) is 2.97. The Bertz CT molecular complexity index is 695. The predicted octanol–water partition coefficient (Wildman–Crippen LogP) is 3.37. The molecule has 0 bridgehead atoms. The topological polar surface area (TPSA) is 71.8 Å². The average molecular weight is 312 g/mol. The summed E-state index contributed by atoms with van der Waals surface area (Å²) in [6, 6.07) is 5.29. The fourth-order valence-corrected chi connectivity index (χ4v) is 2.35. The van der Waals surface area contributed by atoms with E-state index in [-0.39, 0.29) is 17.3 Å². The van der Waals surface area contributed by atoms with Gasteiger partial charge in [0, 0.05) is 6.42 Å². The minimum absolute atomic E-state index is 0.0327. The molecule has 106 valence electrons. The predicted molar refractivity (Wildman–Crippen MR) is 82.6 cm³/mol. The number of benzene rings is 1. The molecule has 4 nitrogen and oxygen atoms in total. The highest BCUT2D eigenvalue weighted by atomic mass is 35.5. The normalized spacial score (nSPS) is 11.1. The maximum Gasteiger partial charge on any atom is 0.256 e. The van der Waals surface area contributed by atoms with Crippen molar-refractivity contribution in [1.82, 2.24) is 9.97 Å². The van der Waals surface area contributed by atoms with Crippen molar-refractivity contribution in [1.29, 1.82) is 0 Å².